The Kier molecular flexibility index (Phi) is 2.62. The van der Waals surface area contributed by atoms with Gasteiger partial charge in [0.15, 0.2) is 0 Å². The van der Waals surface area contributed by atoms with Crippen molar-refractivity contribution in [1.82, 2.24) is 0 Å². The molecule has 0 aliphatic heterocycles. The van der Waals surface area contributed by atoms with Gasteiger partial charge < -0.3 is 10.5 Å². The molecule has 0 saturated heterocycles. The summed E-state index contributed by atoms with van der Waals surface area (Å²) < 4.78 is 5.74. The Morgan fingerprint density at radius 1 is 1.43 bits per heavy atom. The van der Waals surface area contributed by atoms with Crippen LogP contribution in [0.25, 0.3) is 0 Å². The van der Waals surface area contributed by atoms with E-state index in [-0.39, 0.29) is 0 Å². The first-order chi connectivity index (χ1) is 6.75. The summed E-state index contributed by atoms with van der Waals surface area (Å²) in [7, 11) is 0. The van der Waals surface area contributed by atoms with E-state index in [1.165, 1.54) is 24.8 Å². The zero-order valence-electron chi connectivity index (χ0n) is 8.62. The topological polar surface area (TPSA) is 35.2 Å². The van der Waals surface area contributed by atoms with Crippen LogP contribution in [0.15, 0.2) is 18.2 Å². The van der Waals surface area contributed by atoms with Gasteiger partial charge in [-0.3, -0.25) is 0 Å². The van der Waals surface area contributed by atoms with E-state index >= 15 is 0 Å². The standard InChI is InChI=1S/C12H17NO/c1-9-5-6-11(13)7-12(9)14-8-10-3-2-4-10/h5-7,10H,2-4,8,13H2,1H3. The summed E-state index contributed by atoms with van der Waals surface area (Å²) in [6.07, 6.45) is 4.01. The Morgan fingerprint density at radius 2 is 2.21 bits per heavy atom. The molecule has 0 spiro atoms. The highest BCUT2D eigenvalue weighted by atomic mass is 16.5. The molecule has 14 heavy (non-hydrogen) atoms. The van der Waals surface area contributed by atoms with Gasteiger partial charge in [-0.15, -0.1) is 0 Å². The molecule has 0 heterocycles. The van der Waals surface area contributed by atoms with Gasteiger partial charge in [-0.2, -0.15) is 0 Å². The number of ether oxygens (including phenoxy) is 1. The molecular weight excluding hydrogens is 174 g/mol. The normalized spacial score (nSPS) is 16.4. The number of hydrogen-bond donors (Lipinski definition) is 1. The molecule has 0 aromatic heterocycles. The molecule has 2 rings (SSSR count). The summed E-state index contributed by atoms with van der Waals surface area (Å²) in [5, 5.41) is 0. The molecule has 2 nitrogen and oxygen atoms in total. The van der Waals surface area contributed by atoms with Crippen LogP contribution >= 0.6 is 0 Å². The van der Waals surface area contributed by atoms with Crippen LogP contribution in [-0.2, 0) is 0 Å². The first-order valence-electron chi connectivity index (χ1n) is 5.24. The maximum atomic E-state index is 5.74. The van der Waals surface area contributed by atoms with E-state index in [2.05, 4.69) is 6.92 Å². The third-order valence-electron chi connectivity index (χ3n) is 2.91. The van der Waals surface area contributed by atoms with Crippen molar-refractivity contribution in [2.45, 2.75) is 26.2 Å². The van der Waals surface area contributed by atoms with E-state index in [4.69, 9.17) is 10.5 Å². The minimum absolute atomic E-state index is 0.774. The predicted molar refractivity (Wildman–Crippen MR) is 58.4 cm³/mol. The first-order valence-corrected chi connectivity index (χ1v) is 5.24. The van der Waals surface area contributed by atoms with Crippen LogP contribution < -0.4 is 10.5 Å². The van der Waals surface area contributed by atoms with Crippen molar-refractivity contribution in [2.24, 2.45) is 5.92 Å². The van der Waals surface area contributed by atoms with Crippen LogP contribution in [0.1, 0.15) is 24.8 Å². The van der Waals surface area contributed by atoms with E-state index in [9.17, 15) is 0 Å². The minimum Gasteiger partial charge on any atom is -0.493 e. The van der Waals surface area contributed by atoms with Gasteiger partial charge in [-0.05, 0) is 37.3 Å². The van der Waals surface area contributed by atoms with Gasteiger partial charge in [0, 0.05) is 11.8 Å². The van der Waals surface area contributed by atoms with Crippen molar-refractivity contribution in [3.63, 3.8) is 0 Å². The fourth-order valence-electron chi connectivity index (χ4n) is 1.64. The first kappa shape index (κ1) is 9.38. The highest BCUT2D eigenvalue weighted by Crippen LogP contribution is 2.28. The lowest BCUT2D eigenvalue weighted by Crippen LogP contribution is -2.19. The maximum absolute atomic E-state index is 5.74. The molecule has 1 saturated carbocycles. The minimum atomic E-state index is 0.774. The van der Waals surface area contributed by atoms with E-state index in [1.807, 2.05) is 18.2 Å². The van der Waals surface area contributed by atoms with Crippen LogP contribution in [0.2, 0.25) is 0 Å². The molecule has 2 heteroatoms. The highest BCUT2D eigenvalue weighted by Gasteiger charge is 2.18. The Hall–Kier alpha value is -1.18. The second kappa shape index (κ2) is 3.91. The van der Waals surface area contributed by atoms with Crippen LogP contribution in [0.5, 0.6) is 5.75 Å². The van der Waals surface area contributed by atoms with Crippen LogP contribution in [0, 0.1) is 12.8 Å². The highest BCUT2D eigenvalue weighted by molar-refractivity contribution is 5.47. The van der Waals surface area contributed by atoms with Crippen molar-refractivity contribution in [3.05, 3.63) is 23.8 Å². The molecule has 1 fully saturated rings. The van der Waals surface area contributed by atoms with Crippen molar-refractivity contribution in [3.8, 4) is 5.75 Å². The zero-order valence-corrected chi connectivity index (χ0v) is 8.62. The summed E-state index contributed by atoms with van der Waals surface area (Å²) >= 11 is 0. The van der Waals surface area contributed by atoms with Gasteiger partial charge >= 0.3 is 0 Å². The van der Waals surface area contributed by atoms with Gasteiger partial charge in [0.2, 0.25) is 0 Å². The average Bonchev–Trinajstić information content (AvgIpc) is 2.08. The fraction of sp³-hybridized carbons (Fsp3) is 0.500. The third-order valence-corrected chi connectivity index (χ3v) is 2.91. The summed E-state index contributed by atoms with van der Waals surface area (Å²) in [6.45, 7) is 2.90. The van der Waals surface area contributed by atoms with E-state index < -0.39 is 0 Å². The SMILES string of the molecule is Cc1ccc(N)cc1OCC1CCC1. The molecule has 0 atom stereocenters. The Morgan fingerprint density at radius 3 is 2.86 bits per heavy atom. The van der Waals surface area contributed by atoms with Crippen LogP contribution in [0.4, 0.5) is 5.69 Å². The maximum Gasteiger partial charge on any atom is 0.124 e. The number of aryl methyl sites for hydroxylation is 1. The van der Waals surface area contributed by atoms with Gasteiger partial charge in [-0.25, -0.2) is 0 Å². The van der Waals surface area contributed by atoms with Gasteiger partial charge in [0.25, 0.3) is 0 Å². The quantitative estimate of drug-likeness (QED) is 0.745. The molecule has 2 N–H and O–H groups in total. The third kappa shape index (κ3) is 2.00. The molecule has 0 bridgehead atoms. The number of hydrogen-bond acceptors (Lipinski definition) is 2. The van der Waals surface area contributed by atoms with E-state index in [0.717, 1.165) is 24.0 Å². The Balaban J connectivity index is 1.96. The number of nitrogen functional groups attached to an aromatic ring is 1. The van der Waals surface area contributed by atoms with Crippen molar-refractivity contribution < 1.29 is 4.74 Å². The molecule has 0 amide bonds. The predicted octanol–water partition coefficient (Wildman–Crippen LogP) is 2.76. The Bertz CT molecular complexity index is 318. The second-order valence-corrected chi connectivity index (χ2v) is 4.13. The molecule has 0 radical (unpaired) electrons. The van der Waals surface area contributed by atoms with Crippen molar-refractivity contribution in [1.29, 1.82) is 0 Å². The van der Waals surface area contributed by atoms with Gasteiger partial charge in [0.05, 0.1) is 6.61 Å². The zero-order chi connectivity index (χ0) is 9.97. The monoisotopic (exact) mass is 191 g/mol. The lowest BCUT2D eigenvalue weighted by atomic mass is 9.86. The smallest absolute Gasteiger partial charge is 0.124 e. The number of rotatable bonds is 3. The lowest BCUT2D eigenvalue weighted by molar-refractivity contribution is 0.180. The summed E-state index contributed by atoms with van der Waals surface area (Å²) in [5.41, 5.74) is 7.64. The number of benzene rings is 1. The number of nitrogens with two attached hydrogens (primary N) is 1. The summed E-state index contributed by atoms with van der Waals surface area (Å²) in [4.78, 5) is 0. The lowest BCUT2D eigenvalue weighted by Gasteiger charge is -2.25. The summed E-state index contributed by atoms with van der Waals surface area (Å²) in [6, 6.07) is 5.82. The van der Waals surface area contributed by atoms with Crippen LogP contribution in [-0.4, -0.2) is 6.61 Å². The molecular formula is C12H17NO. The molecule has 1 aromatic rings. The molecule has 1 aromatic carbocycles. The molecule has 76 valence electrons. The molecule has 1 aliphatic carbocycles. The Labute approximate surface area is 85.1 Å². The van der Waals surface area contributed by atoms with Gasteiger partial charge in [-0.1, -0.05) is 12.5 Å². The molecule has 0 unspecified atom stereocenters. The fourth-order valence-corrected chi connectivity index (χ4v) is 1.64. The van der Waals surface area contributed by atoms with E-state index in [0.29, 0.717) is 0 Å². The van der Waals surface area contributed by atoms with Crippen LogP contribution in [0.3, 0.4) is 0 Å². The van der Waals surface area contributed by atoms with E-state index in [1.54, 1.807) is 0 Å². The second-order valence-electron chi connectivity index (χ2n) is 4.13. The summed E-state index contributed by atoms with van der Waals surface area (Å²) in [5.74, 6) is 1.72. The van der Waals surface area contributed by atoms with Gasteiger partial charge in [0.1, 0.15) is 5.75 Å². The largest absolute Gasteiger partial charge is 0.493 e. The van der Waals surface area contributed by atoms with Crippen molar-refractivity contribution >= 4 is 5.69 Å². The molecule has 1 aliphatic rings. The van der Waals surface area contributed by atoms with Crippen molar-refractivity contribution in [2.75, 3.05) is 12.3 Å². The number of anilines is 1. The average molecular weight is 191 g/mol.